The molecule has 0 atom stereocenters. The molecule has 1 heterocycles. The first-order chi connectivity index (χ1) is 9.83. The second kappa shape index (κ2) is 16.1. The third-order valence-electron chi connectivity index (χ3n) is 1.92. The van der Waals surface area contributed by atoms with Crippen LogP contribution in [-0.4, -0.2) is 35.8 Å². The van der Waals surface area contributed by atoms with Crippen molar-refractivity contribution in [1.29, 1.82) is 0 Å². The Morgan fingerprint density at radius 2 is 1.27 bits per heavy atom. The van der Waals surface area contributed by atoms with E-state index in [2.05, 4.69) is 32.7 Å². The van der Waals surface area contributed by atoms with Gasteiger partial charge in [0.1, 0.15) is 0 Å². The quantitative estimate of drug-likeness (QED) is 0.491. The molecule has 0 aromatic carbocycles. The fourth-order valence-corrected chi connectivity index (χ4v) is 0.715. The third kappa shape index (κ3) is 13.7. The van der Waals surface area contributed by atoms with Gasteiger partial charge in [-0.3, -0.25) is 4.79 Å². The van der Waals surface area contributed by atoms with Crippen molar-refractivity contribution in [2.75, 3.05) is 0 Å². The largest absolute Gasteiger partial charge is 4.00 e. The molecule has 7 heteroatoms. The summed E-state index contributed by atoms with van der Waals surface area (Å²) in [5, 5.41) is 20.4. The van der Waals surface area contributed by atoms with E-state index in [0.29, 0.717) is 12.1 Å². The second-order valence-electron chi connectivity index (χ2n) is 3.86. The molecular formula is C15H20NO5Sn-. The van der Waals surface area contributed by atoms with Crippen LogP contribution >= 0.6 is 0 Å². The van der Waals surface area contributed by atoms with Gasteiger partial charge in [-0.15, -0.1) is 11.4 Å². The van der Waals surface area contributed by atoms with Gasteiger partial charge in [-0.1, -0.05) is 26.7 Å². The summed E-state index contributed by atoms with van der Waals surface area (Å²) in [5.74, 6) is -3.42. The monoisotopic (exact) mass is 414 g/mol. The van der Waals surface area contributed by atoms with Crippen molar-refractivity contribution in [2.24, 2.45) is 0 Å². The zero-order chi connectivity index (χ0) is 16.8. The van der Waals surface area contributed by atoms with E-state index in [4.69, 9.17) is 0 Å². The molecule has 0 bridgehead atoms. The van der Waals surface area contributed by atoms with Gasteiger partial charge in [0.05, 0.1) is 0 Å². The number of pyridine rings is 1. The SMILES string of the molecule is O=C([O-])c1cc(=O)cc(C(=O)[O-])[n-]1.[CH2-]CCC.[CH2-]CCC.[Sn+4]. The van der Waals surface area contributed by atoms with Gasteiger partial charge in [0, 0.05) is 11.9 Å². The minimum Gasteiger partial charge on any atom is -0.655 e. The van der Waals surface area contributed by atoms with Crippen LogP contribution in [0.2, 0.25) is 0 Å². The molecule has 0 aliphatic rings. The van der Waals surface area contributed by atoms with E-state index in [1.807, 2.05) is 0 Å². The van der Waals surface area contributed by atoms with Gasteiger partial charge >= 0.3 is 23.9 Å². The molecule has 0 radical (unpaired) electrons. The summed E-state index contributed by atoms with van der Waals surface area (Å²) in [5.41, 5.74) is -2.20. The Hall–Kier alpha value is -1.31. The fraction of sp³-hybridized carbons (Fsp3) is 0.400. The van der Waals surface area contributed by atoms with E-state index in [9.17, 15) is 24.6 Å². The average molecular weight is 413 g/mol. The zero-order valence-corrected chi connectivity index (χ0v) is 15.7. The summed E-state index contributed by atoms with van der Waals surface area (Å²) < 4.78 is 0. The fourth-order valence-electron chi connectivity index (χ4n) is 0.715. The Kier molecular flexibility index (Phi) is 18.7. The van der Waals surface area contributed by atoms with Gasteiger partial charge in [0.15, 0.2) is 5.43 Å². The van der Waals surface area contributed by atoms with E-state index < -0.39 is 28.8 Å². The number of carboxylic acid groups (broad SMARTS) is 2. The summed E-state index contributed by atoms with van der Waals surface area (Å²) >= 11 is 0. The number of unbranched alkanes of at least 4 members (excludes halogenated alkanes) is 2. The van der Waals surface area contributed by atoms with Crippen molar-refractivity contribution in [3.05, 3.63) is 47.6 Å². The molecule has 120 valence electrons. The van der Waals surface area contributed by atoms with Crippen molar-refractivity contribution in [3.63, 3.8) is 0 Å². The maximum absolute atomic E-state index is 10.7. The van der Waals surface area contributed by atoms with Crippen molar-refractivity contribution >= 4 is 35.8 Å². The van der Waals surface area contributed by atoms with Gasteiger partial charge in [-0.2, -0.15) is 12.8 Å². The van der Waals surface area contributed by atoms with E-state index in [-0.39, 0.29) is 23.9 Å². The maximum atomic E-state index is 10.7. The van der Waals surface area contributed by atoms with Crippen LogP contribution in [0.25, 0.3) is 0 Å². The molecule has 1 aromatic rings. The van der Waals surface area contributed by atoms with Gasteiger partial charge < -0.3 is 38.6 Å². The number of carboxylic acids is 2. The van der Waals surface area contributed by atoms with E-state index in [1.165, 1.54) is 12.8 Å². The molecular weight excluding hydrogens is 393 g/mol. The normalized spacial score (nSPS) is 8.36. The number of aromatic nitrogens is 1. The van der Waals surface area contributed by atoms with E-state index >= 15 is 0 Å². The molecule has 0 unspecified atom stereocenters. The van der Waals surface area contributed by atoms with E-state index in [1.54, 1.807) is 0 Å². The van der Waals surface area contributed by atoms with Gasteiger partial charge in [-0.05, 0) is 12.1 Å². The van der Waals surface area contributed by atoms with Gasteiger partial charge in [0.2, 0.25) is 0 Å². The predicted octanol–water partition coefficient (Wildman–Crippen LogP) is -0.409. The van der Waals surface area contributed by atoms with Crippen molar-refractivity contribution in [3.8, 4) is 0 Å². The van der Waals surface area contributed by atoms with Crippen LogP contribution in [0.5, 0.6) is 0 Å². The van der Waals surface area contributed by atoms with Crippen LogP contribution in [-0.2, 0) is 0 Å². The minimum atomic E-state index is -1.71. The molecule has 0 spiro atoms. The molecule has 0 aliphatic carbocycles. The second-order valence-corrected chi connectivity index (χ2v) is 3.86. The summed E-state index contributed by atoms with van der Waals surface area (Å²) in [7, 11) is 0. The number of carbonyl (C=O) groups is 2. The first-order valence-corrected chi connectivity index (χ1v) is 6.54. The molecule has 0 N–H and O–H groups in total. The van der Waals surface area contributed by atoms with Crippen molar-refractivity contribution in [1.82, 2.24) is 4.98 Å². The maximum Gasteiger partial charge on any atom is 4.00 e. The number of rotatable bonds is 4. The Balaban J connectivity index is -0.000000338. The third-order valence-corrected chi connectivity index (χ3v) is 1.92. The number of aromatic carboxylic acids is 2. The summed E-state index contributed by atoms with van der Waals surface area (Å²) in [4.78, 5) is 34.2. The van der Waals surface area contributed by atoms with Gasteiger partial charge in [0.25, 0.3) is 0 Å². The number of carbonyl (C=O) groups excluding carboxylic acids is 2. The topological polar surface area (TPSA) is 111 Å². The molecule has 1 aromatic heterocycles. The number of hydrogen-bond acceptors (Lipinski definition) is 5. The smallest absolute Gasteiger partial charge is 0.655 e. The van der Waals surface area contributed by atoms with Crippen molar-refractivity contribution < 1.29 is 19.8 Å². The van der Waals surface area contributed by atoms with Crippen LogP contribution in [0.3, 0.4) is 0 Å². The number of hydrogen-bond donors (Lipinski definition) is 0. The summed E-state index contributed by atoms with van der Waals surface area (Å²) in [6.45, 7) is 11.4. The Bertz CT molecular complexity index is 442. The minimum absolute atomic E-state index is 0. The van der Waals surface area contributed by atoms with Crippen molar-refractivity contribution in [2.45, 2.75) is 39.5 Å². The Labute approximate surface area is 147 Å². The zero-order valence-electron chi connectivity index (χ0n) is 12.9. The van der Waals surface area contributed by atoms with Crippen LogP contribution in [0.15, 0.2) is 16.9 Å². The Morgan fingerprint density at radius 1 is 1.00 bits per heavy atom. The molecule has 6 nitrogen and oxygen atoms in total. The van der Waals surface area contributed by atoms with E-state index in [0.717, 1.165) is 12.8 Å². The molecule has 1 rings (SSSR count). The predicted molar refractivity (Wildman–Crippen MR) is 81.0 cm³/mol. The molecule has 0 fully saturated rings. The molecule has 22 heavy (non-hydrogen) atoms. The standard InChI is InChI=1S/C7H5NO5.2C4H9.Sn/c9-3-1-4(6(10)11)8-5(2-3)7(12)13;2*1-3-4-2;/h1-2H,(H3,8,9,10,11,12,13);2*1,3-4H2,2H3;/q;2*-1;+4/p-3. The molecule has 0 aliphatic heterocycles. The van der Waals surface area contributed by atoms with Gasteiger partial charge in [-0.25, -0.2) is 0 Å². The van der Waals surface area contributed by atoms with Crippen LogP contribution in [0, 0.1) is 13.8 Å². The molecule has 0 saturated heterocycles. The number of nitrogens with zero attached hydrogens (tertiary/aromatic N) is 1. The molecule has 0 amide bonds. The first-order valence-electron chi connectivity index (χ1n) is 6.54. The summed E-state index contributed by atoms with van der Waals surface area (Å²) in [6, 6.07) is 1.34. The van der Waals surface area contributed by atoms with Crippen LogP contribution < -0.4 is 20.6 Å². The Morgan fingerprint density at radius 3 is 1.45 bits per heavy atom. The molecule has 0 saturated carbocycles. The van der Waals surface area contributed by atoms with Crippen LogP contribution in [0.1, 0.15) is 60.5 Å². The average Bonchev–Trinajstić information content (AvgIpc) is 2.47. The first kappa shape index (κ1) is 25.6. The van der Waals surface area contributed by atoms with Crippen LogP contribution in [0.4, 0.5) is 0 Å². The summed E-state index contributed by atoms with van der Waals surface area (Å²) in [6.07, 6.45) is 4.56.